The minimum Gasteiger partial charge on any atom is -0.351 e. The van der Waals surface area contributed by atoms with E-state index in [0.29, 0.717) is 5.69 Å². The molecular formula is C26H27FN2O2S. The third-order valence-electron chi connectivity index (χ3n) is 5.88. The van der Waals surface area contributed by atoms with E-state index in [-0.39, 0.29) is 30.1 Å². The number of carbonyl (C=O) groups is 2. The van der Waals surface area contributed by atoms with E-state index < -0.39 is 6.04 Å². The summed E-state index contributed by atoms with van der Waals surface area (Å²) in [6.45, 7) is 1.98. The number of nitrogens with zero attached hydrogens (tertiary/aromatic N) is 1. The highest BCUT2D eigenvalue weighted by molar-refractivity contribution is 7.10. The first-order chi connectivity index (χ1) is 15.5. The Morgan fingerprint density at radius 2 is 1.75 bits per heavy atom. The molecule has 1 aliphatic rings. The van der Waals surface area contributed by atoms with Crippen LogP contribution in [0.2, 0.25) is 0 Å². The first kappa shape index (κ1) is 22.2. The molecule has 0 aliphatic heterocycles. The Labute approximate surface area is 192 Å². The van der Waals surface area contributed by atoms with Gasteiger partial charge in [-0.15, -0.1) is 11.3 Å². The minimum absolute atomic E-state index is 0.123. The van der Waals surface area contributed by atoms with Crippen molar-refractivity contribution >= 4 is 28.8 Å². The van der Waals surface area contributed by atoms with Gasteiger partial charge in [0.15, 0.2) is 0 Å². The Bertz CT molecular complexity index is 1040. The van der Waals surface area contributed by atoms with Crippen LogP contribution in [0.25, 0.3) is 0 Å². The van der Waals surface area contributed by atoms with Gasteiger partial charge in [-0.25, -0.2) is 4.39 Å². The maximum atomic E-state index is 13.7. The lowest BCUT2D eigenvalue weighted by molar-refractivity contribution is -0.127. The molecule has 1 fully saturated rings. The minimum atomic E-state index is -0.839. The van der Waals surface area contributed by atoms with Crippen LogP contribution in [-0.2, 0) is 16.0 Å². The molecule has 0 unspecified atom stereocenters. The summed E-state index contributed by atoms with van der Waals surface area (Å²) in [6, 6.07) is 16.5. The molecule has 166 valence electrons. The Hall–Kier alpha value is -2.99. The van der Waals surface area contributed by atoms with E-state index in [1.807, 2.05) is 48.7 Å². The second-order valence-corrected chi connectivity index (χ2v) is 9.33. The van der Waals surface area contributed by atoms with Crippen LogP contribution in [0.4, 0.5) is 10.1 Å². The van der Waals surface area contributed by atoms with Crippen molar-refractivity contribution in [1.29, 1.82) is 0 Å². The number of hydrogen-bond donors (Lipinski definition) is 1. The quantitative estimate of drug-likeness (QED) is 0.511. The van der Waals surface area contributed by atoms with E-state index in [1.54, 1.807) is 12.1 Å². The van der Waals surface area contributed by atoms with Crippen molar-refractivity contribution < 1.29 is 14.0 Å². The molecule has 32 heavy (non-hydrogen) atoms. The summed E-state index contributed by atoms with van der Waals surface area (Å²) in [5.41, 5.74) is 2.30. The van der Waals surface area contributed by atoms with Gasteiger partial charge in [0, 0.05) is 16.6 Å². The smallest absolute Gasteiger partial charge is 0.248 e. The van der Waals surface area contributed by atoms with Crippen LogP contribution in [-0.4, -0.2) is 17.9 Å². The highest BCUT2D eigenvalue weighted by atomic mass is 32.1. The van der Waals surface area contributed by atoms with Gasteiger partial charge in [0.05, 0.1) is 6.42 Å². The monoisotopic (exact) mass is 450 g/mol. The largest absolute Gasteiger partial charge is 0.351 e. The van der Waals surface area contributed by atoms with Gasteiger partial charge in [-0.1, -0.05) is 48.7 Å². The van der Waals surface area contributed by atoms with Crippen molar-refractivity contribution in [2.24, 2.45) is 0 Å². The summed E-state index contributed by atoms with van der Waals surface area (Å²) in [5, 5.41) is 5.09. The predicted molar refractivity (Wildman–Crippen MR) is 126 cm³/mol. The number of halogens is 1. The van der Waals surface area contributed by atoms with Gasteiger partial charge in [-0.2, -0.15) is 0 Å². The molecule has 1 aromatic heterocycles. The Balaban J connectivity index is 1.74. The SMILES string of the molecule is Cc1ccc([C@@H](C(=O)NC2CCCC2)N(C(=O)Cc2cccs2)c2ccc(F)cc2)cc1. The van der Waals surface area contributed by atoms with Crippen molar-refractivity contribution in [2.75, 3.05) is 4.90 Å². The van der Waals surface area contributed by atoms with E-state index in [0.717, 1.165) is 41.7 Å². The van der Waals surface area contributed by atoms with E-state index in [1.165, 1.54) is 28.4 Å². The van der Waals surface area contributed by atoms with Crippen molar-refractivity contribution in [3.05, 3.63) is 87.9 Å². The van der Waals surface area contributed by atoms with Gasteiger partial charge < -0.3 is 5.32 Å². The molecule has 0 radical (unpaired) electrons. The number of hydrogen-bond acceptors (Lipinski definition) is 3. The second kappa shape index (κ2) is 10.1. The molecule has 0 spiro atoms. The van der Waals surface area contributed by atoms with E-state index in [4.69, 9.17) is 0 Å². The number of nitrogens with one attached hydrogen (secondary N) is 1. The molecular weight excluding hydrogens is 423 g/mol. The van der Waals surface area contributed by atoms with Gasteiger partial charge in [-0.05, 0) is 61.0 Å². The molecule has 3 aromatic rings. The lowest BCUT2D eigenvalue weighted by atomic mass is 10.0. The average molecular weight is 451 g/mol. The van der Waals surface area contributed by atoms with Crippen molar-refractivity contribution in [1.82, 2.24) is 5.32 Å². The second-order valence-electron chi connectivity index (χ2n) is 8.30. The van der Waals surface area contributed by atoms with Gasteiger partial charge >= 0.3 is 0 Å². The van der Waals surface area contributed by atoms with Crippen LogP contribution in [0.15, 0.2) is 66.0 Å². The Morgan fingerprint density at radius 3 is 2.38 bits per heavy atom. The molecule has 1 aliphatic carbocycles. The summed E-state index contributed by atoms with van der Waals surface area (Å²) in [5.74, 6) is -0.794. The van der Waals surface area contributed by atoms with Crippen molar-refractivity contribution in [2.45, 2.75) is 51.1 Å². The third kappa shape index (κ3) is 5.25. The zero-order valence-corrected chi connectivity index (χ0v) is 18.9. The summed E-state index contributed by atoms with van der Waals surface area (Å²) in [6.07, 6.45) is 4.27. The number of amides is 2. The molecule has 2 amide bonds. The number of thiophene rings is 1. The summed E-state index contributed by atoms with van der Waals surface area (Å²) in [7, 11) is 0. The molecule has 2 aromatic carbocycles. The fourth-order valence-electron chi connectivity index (χ4n) is 4.20. The van der Waals surface area contributed by atoms with E-state index in [2.05, 4.69) is 5.32 Å². The summed E-state index contributed by atoms with van der Waals surface area (Å²) in [4.78, 5) is 29.6. The number of carbonyl (C=O) groups excluding carboxylic acids is 2. The molecule has 0 bridgehead atoms. The molecule has 4 nitrogen and oxygen atoms in total. The Morgan fingerprint density at radius 1 is 1.06 bits per heavy atom. The summed E-state index contributed by atoms with van der Waals surface area (Å²) >= 11 is 1.50. The van der Waals surface area contributed by atoms with Crippen LogP contribution >= 0.6 is 11.3 Å². The average Bonchev–Trinajstić information content (AvgIpc) is 3.48. The van der Waals surface area contributed by atoms with Gasteiger partial charge in [-0.3, -0.25) is 14.5 Å². The highest BCUT2D eigenvalue weighted by Crippen LogP contribution is 2.31. The summed E-state index contributed by atoms with van der Waals surface area (Å²) < 4.78 is 13.7. The van der Waals surface area contributed by atoms with Crippen molar-refractivity contribution in [3.8, 4) is 0 Å². The van der Waals surface area contributed by atoms with E-state index >= 15 is 0 Å². The number of benzene rings is 2. The molecule has 4 rings (SSSR count). The van der Waals surface area contributed by atoms with Gasteiger partial charge in [0.2, 0.25) is 11.8 Å². The normalized spacial score (nSPS) is 14.8. The maximum absolute atomic E-state index is 13.7. The zero-order valence-electron chi connectivity index (χ0n) is 18.1. The first-order valence-electron chi connectivity index (χ1n) is 11.0. The van der Waals surface area contributed by atoms with Crippen molar-refractivity contribution in [3.63, 3.8) is 0 Å². The fourth-order valence-corrected chi connectivity index (χ4v) is 4.90. The number of aryl methyl sites for hydroxylation is 1. The molecule has 0 saturated heterocycles. The van der Waals surface area contributed by atoms with Crippen LogP contribution in [0.3, 0.4) is 0 Å². The first-order valence-corrected chi connectivity index (χ1v) is 11.9. The Kier molecular flexibility index (Phi) is 7.00. The van der Waals surface area contributed by atoms with Gasteiger partial charge in [0.1, 0.15) is 11.9 Å². The zero-order chi connectivity index (χ0) is 22.5. The standard InChI is InChI=1S/C26H27FN2O2S/c1-18-8-10-19(11-9-18)25(26(31)28-21-5-2-3-6-21)29(22-14-12-20(27)13-15-22)24(30)17-23-7-4-16-32-23/h4,7-16,21,25H,2-3,5-6,17H2,1H3,(H,28,31)/t25-/m0/s1. The van der Waals surface area contributed by atoms with Crippen LogP contribution in [0.1, 0.15) is 47.7 Å². The molecule has 1 atom stereocenters. The molecule has 1 saturated carbocycles. The third-order valence-corrected chi connectivity index (χ3v) is 6.76. The lowest BCUT2D eigenvalue weighted by Gasteiger charge is -2.32. The topological polar surface area (TPSA) is 49.4 Å². The highest BCUT2D eigenvalue weighted by Gasteiger charge is 2.34. The maximum Gasteiger partial charge on any atom is 0.248 e. The molecule has 1 N–H and O–H groups in total. The fraction of sp³-hybridized carbons (Fsp3) is 0.308. The van der Waals surface area contributed by atoms with Crippen LogP contribution in [0, 0.1) is 12.7 Å². The number of anilines is 1. The van der Waals surface area contributed by atoms with E-state index in [9.17, 15) is 14.0 Å². The van der Waals surface area contributed by atoms with Gasteiger partial charge in [0.25, 0.3) is 0 Å². The predicted octanol–water partition coefficient (Wildman–Crippen LogP) is 5.57. The van der Waals surface area contributed by atoms with Crippen LogP contribution < -0.4 is 10.2 Å². The number of rotatable bonds is 7. The lowest BCUT2D eigenvalue weighted by Crippen LogP contribution is -2.46. The molecule has 1 heterocycles. The molecule has 6 heteroatoms. The van der Waals surface area contributed by atoms with Crippen LogP contribution in [0.5, 0.6) is 0 Å².